The van der Waals surface area contributed by atoms with Crippen LogP contribution in [-0.2, 0) is 4.79 Å². The number of hydrogen-bond acceptors (Lipinski definition) is 4. The molecule has 0 unspecified atom stereocenters. The number of halogens is 2. The Balaban J connectivity index is 1.83. The number of amides is 1. The predicted molar refractivity (Wildman–Crippen MR) is 98.5 cm³/mol. The van der Waals surface area contributed by atoms with E-state index >= 15 is 0 Å². The first-order valence-corrected chi connectivity index (χ1v) is 8.17. The van der Waals surface area contributed by atoms with Crippen molar-refractivity contribution in [1.29, 1.82) is 0 Å². The average molecular weight is 380 g/mol. The van der Waals surface area contributed by atoms with Gasteiger partial charge in [-0.05, 0) is 48.0 Å². The van der Waals surface area contributed by atoms with Crippen molar-refractivity contribution in [2.24, 2.45) is 0 Å². The summed E-state index contributed by atoms with van der Waals surface area (Å²) in [5.74, 6) is 0.849. The zero-order valence-corrected chi connectivity index (χ0v) is 15.2. The summed E-state index contributed by atoms with van der Waals surface area (Å²) in [5, 5.41) is 3.08. The highest BCUT2D eigenvalue weighted by Crippen LogP contribution is 2.36. The lowest BCUT2D eigenvalue weighted by Gasteiger charge is -2.10. The van der Waals surface area contributed by atoms with Crippen molar-refractivity contribution >= 4 is 23.6 Å². The fourth-order valence-electron chi connectivity index (χ4n) is 2.14. The number of rotatable bonds is 8. The van der Waals surface area contributed by atoms with Crippen LogP contribution in [0.15, 0.2) is 42.5 Å². The largest absolute Gasteiger partial charge is 0.493 e. The van der Waals surface area contributed by atoms with Crippen molar-refractivity contribution in [2.75, 3.05) is 27.4 Å². The van der Waals surface area contributed by atoms with Crippen LogP contribution in [-0.4, -0.2) is 33.3 Å². The quantitative estimate of drug-likeness (QED) is 0.561. The van der Waals surface area contributed by atoms with E-state index in [4.69, 9.17) is 25.8 Å². The van der Waals surface area contributed by atoms with Gasteiger partial charge in [0, 0.05) is 6.08 Å². The molecule has 2 rings (SSSR count). The molecule has 0 aliphatic rings. The molecule has 0 aliphatic heterocycles. The van der Waals surface area contributed by atoms with Crippen LogP contribution >= 0.6 is 11.6 Å². The van der Waals surface area contributed by atoms with Crippen molar-refractivity contribution < 1.29 is 23.4 Å². The van der Waals surface area contributed by atoms with Gasteiger partial charge in [-0.3, -0.25) is 4.79 Å². The molecule has 138 valence electrons. The Morgan fingerprint density at radius 1 is 1.19 bits per heavy atom. The number of carbonyl (C=O) groups excluding carboxylic acids is 1. The van der Waals surface area contributed by atoms with E-state index in [9.17, 15) is 9.18 Å². The van der Waals surface area contributed by atoms with Crippen LogP contribution in [0.25, 0.3) is 6.08 Å². The lowest BCUT2D eigenvalue weighted by Crippen LogP contribution is -2.26. The fourth-order valence-corrected chi connectivity index (χ4v) is 2.44. The zero-order valence-electron chi connectivity index (χ0n) is 14.4. The third-order valence-corrected chi connectivity index (χ3v) is 3.65. The fraction of sp³-hybridized carbons (Fsp3) is 0.211. The molecule has 0 fully saturated rings. The molecule has 0 aromatic heterocycles. The molecule has 0 heterocycles. The summed E-state index contributed by atoms with van der Waals surface area (Å²) in [6, 6.07) is 9.06. The molecule has 2 aromatic carbocycles. The highest BCUT2D eigenvalue weighted by Gasteiger charge is 2.09. The van der Waals surface area contributed by atoms with Crippen molar-refractivity contribution in [3.63, 3.8) is 0 Å². The number of benzene rings is 2. The van der Waals surface area contributed by atoms with Crippen molar-refractivity contribution in [3.05, 3.63) is 58.9 Å². The maximum Gasteiger partial charge on any atom is 0.244 e. The topological polar surface area (TPSA) is 56.8 Å². The molecule has 0 bridgehead atoms. The van der Waals surface area contributed by atoms with Crippen LogP contribution in [0.2, 0.25) is 5.02 Å². The number of methoxy groups -OCH3 is 2. The van der Waals surface area contributed by atoms with Crippen LogP contribution < -0.4 is 19.5 Å². The highest BCUT2D eigenvalue weighted by atomic mass is 35.5. The smallest absolute Gasteiger partial charge is 0.244 e. The van der Waals surface area contributed by atoms with E-state index in [-0.39, 0.29) is 18.3 Å². The van der Waals surface area contributed by atoms with Gasteiger partial charge in [0.15, 0.2) is 11.5 Å². The van der Waals surface area contributed by atoms with Gasteiger partial charge in [0.2, 0.25) is 5.91 Å². The maximum absolute atomic E-state index is 12.8. The van der Waals surface area contributed by atoms with Crippen molar-refractivity contribution in [2.45, 2.75) is 0 Å². The molecule has 1 N–H and O–H groups in total. The summed E-state index contributed by atoms with van der Waals surface area (Å²) in [7, 11) is 3.01. The first kappa shape index (κ1) is 19.6. The van der Waals surface area contributed by atoms with E-state index in [0.717, 1.165) is 0 Å². The molecular weight excluding hydrogens is 361 g/mol. The van der Waals surface area contributed by atoms with Gasteiger partial charge in [-0.15, -0.1) is 0 Å². The Labute approximate surface area is 156 Å². The Hall–Kier alpha value is -2.73. The van der Waals surface area contributed by atoms with Crippen LogP contribution in [0.3, 0.4) is 0 Å². The summed E-state index contributed by atoms with van der Waals surface area (Å²) >= 11 is 6.12. The predicted octanol–water partition coefficient (Wildman–Crippen LogP) is 3.70. The molecular formula is C19H19ClFNO4. The zero-order chi connectivity index (χ0) is 18.9. The van der Waals surface area contributed by atoms with Gasteiger partial charge >= 0.3 is 0 Å². The summed E-state index contributed by atoms with van der Waals surface area (Å²) in [4.78, 5) is 11.8. The molecule has 0 atom stereocenters. The van der Waals surface area contributed by atoms with E-state index in [1.165, 1.54) is 44.6 Å². The lowest BCUT2D eigenvalue weighted by atomic mass is 10.2. The van der Waals surface area contributed by atoms with Gasteiger partial charge in [0.25, 0.3) is 0 Å². The second-order valence-corrected chi connectivity index (χ2v) is 5.57. The molecule has 1 amide bonds. The number of ether oxygens (including phenoxy) is 3. The monoisotopic (exact) mass is 379 g/mol. The lowest BCUT2D eigenvalue weighted by molar-refractivity contribution is -0.116. The maximum atomic E-state index is 12.8. The normalized spacial score (nSPS) is 10.6. The second kappa shape index (κ2) is 9.68. The molecule has 5 nitrogen and oxygen atoms in total. The Bertz CT molecular complexity index is 778. The molecule has 7 heteroatoms. The number of hydrogen-bond donors (Lipinski definition) is 1. The molecule has 26 heavy (non-hydrogen) atoms. The Morgan fingerprint density at radius 3 is 2.58 bits per heavy atom. The molecule has 0 aliphatic carbocycles. The second-order valence-electron chi connectivity index (χ2n) is 5.16. The van der Waals surface area contributed by atoms with E-state index in [1.807, 2.05) is 0 Å². The van der Waals surface area contributed by atoms with Crippen LogP contribution in [0.4, 0.5) is 4.39 Å². The third kappa shape index (κ3) is 5.67. The molecule has 0 radical (unpaired) electrons. The molecule has 0 saturated heterocycles. The van der Waals surface area contributed by atoms with Gasteiger partial charge in [-0.1, -0.05) is 11.6 Å². The first-order valence-electron chi connectivity index (χ1n) is 7.79. The SMILES string of the molecule is COc1cc(/C=C/C(=O)NCCOc2ccc(F)cc2)cc(Cl)c1OC. The van der Waals surface area contributed by atoms with Crippen LogP contribution in [0, 0.1) is 5.82 Å². The van der Waals surface area contributed by atoms with Gasteiger partial charge in [-0.25, -0.2) is 4.39 Å². The summed E-state index contributed by atoms with van der Waals surface area (Å²) in [6.45, 7) is 0.584. The molecule has 2 aromatic rings. The minimum Gasteiger partial charge on any atom is -0.493 e. The minimum absolute atomic E-state index is 0.271. The van der Waals surface area contributed by atoms with Crippen LogP contribution in [0.1, 0.15) is 5.56 Å². The van der Waals surface area contributed by atoms with E-state index in [0.29, 0.717) is 34.4 Å². The summed E-state index contributed by atoms with van der Waals surface area (Å²) < 4.78 is 28.5. The molecule has 0 spiro atoms. The minimum atomic E-state index is -0.328. The van der Waals surface area contributed by atoms with Gasteiger partial charge in [0.1, 0.15) is 18.2 Å². The summed E-state index contributed by atoms with van der Waals surface area (Å²) in [6.07, 6.45) is 3.00. The Morgan fingerprint density at radius 2 is 1.92 bits per heavy atom. The number of nitrogens with one attached hydrogen (secondary N) is 1. The highest BCUT2D eigenvalue weighted by molar-refractivity contribution is 6.32. The van der Waals surface area contributed by atoms with E-state index < -0.39 is 0 Å². The van der Waals surface area contributed by atoms with Crippen LogP contribution in [0.5, 0.6) is 17.2 Å². The van der Waals surface area contributed by atoms with Gasteiger partial charge < -0.3 is 19.5 Å². The molecule has 0 saturated carbocycles. The van der Waals surface area contributed by atoms with E-state index in [1.54, 1.807) is 18.2 Å². The number of carbonyl (C=O) groups is 1. The van der Waals surface area contributed by atoms with Crippen molar-refractivity contribution in [1.82, 2.24) is 5.32 Å². The Kier molecular flexibility index (Phi) is 7.29. The van der Waals surface area contributed by atoms with Gasteiger partial charge in [0.05, 0.1) is 25.8 Å². The third-order valence-electron chi connectivity index (χ3n) is 3.37. The first-order chi connectivity index (χ1) is 12.5. The van der Waals surface area contributed by atoms with E-state index in [2.05, 4.69) is 5.32 Å². The van der Waals surface area contributed by atoms with Gasteiger partial charge in [-0.2, -0.15) is 0 Å². The standard InChI is InChI=1S/C19H19ClFNO4/c1-24-17-12-13(11-16(20)19(17)25-2)3-8-18(23)22-9-10-26-15-6-4-14(21)5-7-15/h3-8,11-12H,9-10H2,1-2H3,(H,22,23)/b8-3+. The van der Waals surface area contributed by atoms with Crippen molar-refractivity contribution in [3.8, 4) is 17.2 Å². The summed E-state index contributed by atoms with van der Waals surface area (Å²) in [5.41, 5.74) is 0.699. The average Bonchev–Trinajstić information content (AvgIpc) is 2.64.